The molecule has 0 atom stereocenters. The van der Waals surface area contributed by atoms with Crippen LogP contribution in [0.2, 0.25) is 0 Å². The summed E-state index contributed by atoms with van der Waals surface area (Å²) in [6, 6.07) is 34.0. The minimum absolute atomic E-state index is 0.0142. The molecule has 4 heteroatoms. The number of fused-ring (bicyclic) bond motifs is 6. The van der Waals surface area contributed by atoms with Crippen LogP contribution in [-0.2, 0) is 18.3 Å². The Balaban J connectivity index is 1.14. The van der Waals surface area contributed by atoms with Crippen molar-refractivity contribution >= 4 is 43.1 Å². The molecule has 40 heavy (non-hydrogen) atoms. The van der Waals surface area contributed by atoms with Crippen molar-refractivity contribution in [2.75, 3.05) is 4.90 Å². The number of ketones is 2. The minimum atomic E-state index is -0.559. The molecule has 1 aromatic heterocycles. The van der Waals surface area contributed by atoms with Crippen molar-refractivity contribution in [3.05, 3.63) is 134 Å². The summed E-state index contributed by atoms with van der Waals surface area (Å²) in [5.41, 5.74) is 11.4. The van der Waals surface area contributed by atoms with Crippen LogP contribution in [0.5, 0.6) is 0 Å². The van der Waals surface area contributed by atoms with Crippen LogP contribution < -0.4 is 4.90 Å². The van der Waals surface area contributed by atoms with Gasteiger partial charge in [0.15, 0.2) is 0 Å². The van der Waals surface area contributed by atoms with Gasteiger partial charge in [-0.15, -0.1) is 0 Å². The van der Waals surface area contributed by atoms with Gasteiger partial charge in [-0.3, -0.25) is 0 Å². The molecular weight excluding hydrogens is 557 g/mol. The fourth-order valence-electron chi connectivity index (χ4n) is 6.99. The number of nitrogens with zero attached hydrogens (tertiary/aromatic N) is 1. The van der Waals surface area contributed by atoms with Crippen LogP contribution in [0.4, 0.5) is 17.1 Å². The molecular formula is C36H27NO2Se. The third kappa shape index (κ3) is 3.30. The Morgan fingerprint density at radius 1 is 0.725 bits per heavy atom. The van der Waals surface area contributed by atoms with Gasteiger partial charge in [-0.25, -0.2) is 0 Å². The van der Waals surface area contributed by atoms with Crippen molar-refractivity contribution < 1.29 is 9.59 Å². The van der Waals surface area contributed by atoms with E-state index in [0.717, 1.165) is 6.42 Å². The van der Waals surface area contributed by atoms with Crippen molar-refractivity contribution in [2.24, 2.45) is 5.92 Å². The molecule has 0 fully saturated rings. The summed E-state index contributed by atoms with van der Waals surface area (Å²) >= 11 is 0.165. The number of carbonyl (C=O) groups excluding carboxylic acids is 2. The van der Waals surface area contributed by atoms with Gasteiger partial charge in [0.1, 0.15) is 0 Å². The first-order valence-electron chi connectivity index (χ1n) is 13.8. The molecule has 2 aliphatic carbocycles. The number of anilines is 3. The molecule has 0 saturated carbocycles. The molecule has 4 aromatic carbocycles. The fourth-order valence-corrected chi connectivity index (χ4v) is 9.61. The van der Waals surface area contributed by atoms with Crippen molar-refractivity contribution in [2.45, 2.75) is 32.1 Å². The molecule has 0 spiro atoms. The quantitative estimate of drug-likeness (QED) is 0.158. The summed E-state index contributed by atoms with van der Waals surface area (Å²) in [6.07, 6.45) is 1.48. The molecule has 0 saturated heterocycles. The standard InChI is InChI=1S/C36H27NO2Se/c1-36(2)29-11-5-7-13-31(29)37(32-14-8-6-12-30(32)36)22-15-16-24-21(17-22)18-33-27(24)19-23(40-33)20-28-34(38)25-9-3-4-10-26(25)35(28)39/h3-17,19,28H,18,20H2,1-2H3. The second-order valence-electron chi connectivity index (χ2n) is 11.6. The number of carbonyl (C=O) groups is 2. The van der Waals surface area contributed by atoms with E-state index in [-0.39, 0.29) is 31.5 Å². The van der Waals surface area contributed by atoms with E-state index in [1.165, 1.54) is 53.8 Å². The Bertz CT molecular complexity index is 1810. The van der Waals surface area contributed by atoms with E-state index in [1.54, 1.807) is 12.1 Å². The summed E-state index contributed by atoms with van der Waals surface area (Å²) in [5.74, 6) is -0.588. The Labute approximate surface area is 239 Å². The molecule has 3 nitrogen and oxygen atoms in total. The summed E-state index contributed by atoms with van der Waals surface area (Å²) in [5, 5.41) is 0. The zero-order valence-corrected chi connectivity index (χ0v) is 24.1. The molecule has 0 amide bonds. The molecule has 0 radical (unpaired) electrons. The SMILES string of the molecule is CC1(C)c2ccccc2N(c2ccc3c(c2)Cc2[se]c(CC4C(=O)c5ccccc5C4=O)cc2-3)c2ccccc21. The number of benzene rings is 4. The van der Waals surface area contributed by atoms with Crippen LogP contribution in [-0.4, -0.2) is 26.1 Å². The zero-order valence-electron chi connectivity index (χ0n) is 22.4. The Morgan fingerprint density at radius 3 is 1.98 bits per heavy atom. The molecule has 5 aromatic rings. The van der Waals surface area contributed by atoms with Gasteiger partial charge in [0.2, 0.25) is 0 Å². The Kier molecular flexibility index (Phi) is 5.08. The average Bonchev–Trinajstić information content (AvgIpc) is 3.59. The normalized spacial score (nSPS) is 16.4. The van der Waals surface area contributed by atoms with Crippen molar-refractivity contribution in [3.8, 4) is 11.1 Å². The Morgan fingerprint density at radius 2 is 1.32 bits per heavy atom. The first-order valence-corrected chi connectivity index (χ1v) is 15.5. The topological polar surface area (TPSA) is 37.4 Å². The van der Waals surface area contributed by atoms with Gasteiger partial charge < -0.3 is 0 Å². The van der Waals surface area contributed by atoms with E-state index in [4.69, 9.17) is 0 Å². The van der Waals surface area contributed by atoms with Crippen molar-refractivity contribution in [1.82, 2.24) is 0 Å². The second kappa shape index (κ2) is 8.51. The first-order chi connectivity index (χ1) is 19.4. The van der Waals surface area contributed by atoms with E-state index in [2.05, 4.69) is 91.5 Å². The third-order valence-electron chi connectivity index (χ3n) is 8.98. The van der Waals surface area contributed by atoms with Gasteiger partial charge >= 0.3 is 241 Å². The number of hydrogen-bond donors (Lipinski definition) is 0. The van der Waals surface area contributed by atoms with Crippen molar-refractivity contribution in [3.63, 3.8) is 0 Å². The van der Waals surface area contributed by atoms with Gasteiger partial charge in [-0.1, -0.05) is 0 Å². The molecule has 0 N–H and O–H groups in total. The zero-order chi connectivity index (χ0) is 27.2. The van der Waals surface area contributed by atoms with Gasteiger partial charge in [0, 0.05) is 0 Å². The van der Waals surface area contributed by atoms with E-state index < -0.39 is 5.92 Å². The third-order valence-corrected chi connectivity index (χ3v) is 11.4. The van der Waals surface area contributed by atoms with Crippen LogP contribution in [0.25, 0.3) is 11.1 Å². The fraction of sp³-hybridized carbons (Fsp3) is 0.167. The number of hydrogen-bond acceptors (Lipinski definition) is 3. The van der Waals surface area contributed by atoms with Crippen LogP contribution in [0, 0.1) is 5.92 Å². The molecule has 8 rings (SSSR count). The van der Waals surface area contributed by atoms with Gasteiger partial charge in [0.05, 0.1) is 0 Å². The van der Waals surface area contributed by atoms with Gasteiger partial charge in [0.25, 0.3) is 0 Å². The van der Waals surface area contributed by atoms with Crippen LogP contribution >= 0.6 is 0 Å². The molecule has 194 valence electrons. The van der Waals surface area contributed by atoms with Crippen LogP contribution in [0.3, 0.4) is 0 Å². The molecule has 2 heterocycles. The predicted octanol–water partition coefficient (Wildman–Crippen LogP) is 7.66. The van der Waals surface area contributed by atoms with Gasteiger partial charge in [-0.05, 0) is 0 Å². The van der Waals surface area contributed by atoms with E-state index in [0.29, 0.717) is 17.5 Å². The van der Waals surface area contributed by atoms with Gasteiger partial charge in [-0.2, -0.15) is 0 Å². The second-order valence-corrected chi connectivity index (χ2v) is 14.2. The molecule has 0 bridgehead atoms. The number of rotatable bonds is 3. The maximum atomic E-state index is 13.0. The number of para-hydroxylation sites is 2. The molecule has 0 unspecified atom stereocenters. The number of Topliss-reactive ketones (excluding diaryl/α,β-unsaturated/α-hetero) is 2. The summed E-state index contributed by atoms with van der Waals surface area (Å²) in [6.45, 7) is 4.63. The Hall–Kier alpha value is -3.98. The monoisotopic (exact) mass is 585 g/mol. The van der Waals surface area contributed by atoms with Crippen molar-refractivity contribution in [1.29, 1.82) is 0 Å². The van der Waals surface area contributed by atoms with E-state index in [9.17, 15) is 9.59 Å². The first kappa shape index (κ1) is 23.9. The van der Waals surface area contributed by atoms with E-state index in [1.807, 2.05) is 12.1 Å². The summed E-state index contributed by atoms with van der Waals surface area (Å²) in [4.78, 5) is 28.4. The molecule has 1 aliphatic heterocycles. The summed E-state index contributed by atoms with van der Waals surface area (Å²) in [7, 11) is 0. The van der Waals surface area contributed by atoms with E-state index >= 15 is 0 Å². The average molecular weight is 585 g/mol. The van der Waals surface area contributed by atoms with Crippen LogP contribution in [0.15, 0.2) is 97.1 Å². The predicted molar refractivity (Wildman–Crippen MR) is 161 cm³/mol. The summed E-state index contributed by atoms with van der Waals surface area (Å²) < 4.78 is 2.72. The maximum absolute atomic E-state index is 13.0. The molecule has 3 aliphatic rings. The van der Waals surface area contributed by atoms with Crippen LogP contribution in [0.1, 0.15) is 60.1 Å².